The number of rotatable bonds is 6. The van der Waals surface area contributed by atoms with E-state index in [2.05, 4.69) is 17.2 Å². The molecular weight excluding hydrogens is 216 g/mol. The van der Waals surface area contributed by atoms with Gasteiger partial charge in [0.15, 0.2) is 0 Å². The fraction of sp³-hybridized carbons (Fsp3) is 0.769. The Balaban J connectivity index is 2.24. The van der Waals surface area contributed by atoms with Crippen LogP contribution < -0.4 is 10.6 Å². The molecular formula is C13H24N2O2. The van der Waals surface area contributed by atoms with Crippen molar-refractivity contribution >= 4 is 5.91 Å². The molecule has 4 heteroatoms. The molecule has 0 aliphatic heterocycles. The quantitative estimate of drug-likeness (QED) is 0.686. The summed E-state index contributed by atoms with van der Waals surface area (Å²) in [5.74, 6) is -0.0550. The van der Waals surface area contributed by atoms with E-state index in [4.69, 9.17) is 4.74 Å². The minimum Gasteiger partial charge on any atom is -0.365 e. The molecule has 98 valence electrons. The van der Waals surface area contributed by atoms with Crippen LogP contribution in [0.3, 0.4) is 0 Å². The zero-order valence-corrected chi connectivity index (χ0v) is 10.9. The van der Waals surface area contributed by atoms with Crippen molar-refractivity contribution in [3.05, 3.63) is 12.7 Å². The van der Waals surface area contributed by atoms with E-state index in [-0.39, 0.29) is 18.1 Å². The van der Waals surface area contributed by atoms with Crippen molar-refractivity contribution in [1.82, 2.24) is 10.6 Å². The van der Waals surface area contributed by atoms with E-state index in [1.54, 1.807) is 6.08 Å². The van der Waals surface area contributed by atoms with Crippen molar-refractivity contribution in [2.24, 2.45) is 0 Å². The highest BCUT2D eigenvalue weighted by Gasteiger charge is 2.24. The molecule has 1 saturated carbocycles. The van der Waals surface area contributed by atoms with Crippen LogP contribution in [0.25, 0.3) is 0 Å². The van der Waals surface area contributed by atoms with Gasteiger partial charge in [-0.3, -0.25) is 4.79 Å². The van der Waals surface area contributed by atoms with Crippen LogP contribution in [0, 0.1) is 0 Å². The lowest BCUT2D eigenvalue weighted by Crippen LogP contribution is -2.39. The Morgan fingerprint density at radius 1 is 1.47 bits per heavy atom. The van der Waals surface area contributed by atoms with Crippen LogP contribution in [0.15, 0.2) is 12.7 Å². The molecule has 0 aromatic heterocycles. The molecule has 1 aliphatic carbocycles. The van der Waals surface area contributed by atoms with Crippen LogP contribution in [0.5, 0.6) is 0 Å². The topological polar surface area (TPSA) is 50.4 Å². The molecule has 0 aromatic rings. The summed E-state index contributed by atoms with van der Waals surface area (Å²) >= 11 is 0. The smallest absolute Gasteiger partial charge is 0.249 e. The average Bonchev–Trinajstić information content (AvgIpc) is 2.36. The first-order chi connectivity index (χ1) is 8.17. The van der Waals surface area contributed by atoms with E-state index in [0.717, 1.165) is 25.7 Å². The summed E-state index contributed by atoms with van der Waals surface area (Å²) in [6, 6.07) is 0.611. The van der Waals surface area contributed by atoms with Gasteiger partial charge in [-0.2, -0.15) is 0 Å². The number of amides is 1. The van der Waals surface area contributed by atoms with E-state index in [1.807, 2.05) is 14.0 Å². The van der Waals surface area contributed by atoms with Crippen molar-refractivity contribution < 1.29 is 9.53 Å². The molecule has 1 fully saturated rings. The van der Waals surface area contributed by atoms with Gasteiger partial charge < -0.3 is 15.4 Å². The Morgan fingerprint density at radius 2 is 2.12 bits per heavy atom. The minimum absolute atomic E-state index is 0.0550. The van der Waals surface area contributed by atoms with Crippen molar-refractivity contribution in [1.29, 1.82) is 0 Å². The first kappa shape index (κ1) is 14.2. The molecule has 1 unspecified atom stereocenters. The molecule has 17 heavy (non-hydrogen) atoms. The van der Waals surface area contributed by atoms with Crippen molar-refractivity contribution in [3.63, 3.8) is 0 Å². The van der Waals surface area contributed by atoms with Gasteiger partial charge in [0.2, 0.25) is 5.91 Å². The molecule has 0 saturated heterocycles. The Bertz CT molecular complexity index is 248. The first-order valence-corrected chi connectivity index (χ1v) is 6.38. The van der Waals surface area contributed by atoms with E-state index in [0.29, 0.717) is 12.6 Å². The predicted octanol–water partition coefficient (Wildman–Crippen LogP) is 1.22. The SMILES string of the molecule is C=CCNC(=O)C(C)OC1CCC(NC)CC1. The van der Waals surface area contributed by atoms with Crippen LogP contribution in [0.1, 0.15) is 32.6 Å². The molecule has 0 bridgehead atoms. The van der Waals surface area contributed by atoms with Gasteiger partial charge in [0, 0.05) is 12.6 Å². The monoisotopic (exact) mass is 240 g/mol. The Morgan fingerprint density at radius 3 is 2.65 bits per heavy atom. The number of hydrogen-bond acceptors (Lipinski definition) is 3. The normalized spacial score (nSPS) is 26.2. The van der Waals surface area contributed by atoms with E-state index in [9.17, 15) is 4.79 Å². The van der Waals surface area contributed by atoms with Crippen LogP contribution in [0.4, 0.5) is 0 Å². The summed E-state index contributed by atoms with van der Waals surface area (Å²) < 4.78 is 5.77. The lowest BCUT2D eigenvalue weighted by molar-refractivity contribution is -0.136. The Kier molecular flexibility index (Phi) is 6.22. The second kappa shape index (κ2) is 7.45. The number of carbonyl (C=O) groups is 1. The van der Waals surface area contributed by atoms with Crippen molar-refractivity contribution in [3.8, 4) is 0 Å². The van der Waals surface area contributed by atoms with Gasteiger partial charge >= 0.3 is 0 Å². The predicted molar refractivity (Wildman–Crippen MR) is 68.9 cm³/mol. The molecule has 1 aliphatic rings. The lowest BCUT2D eigenvalue weighted by atomic mass is 9.93. The number of hydrogen-bond donors (Lipinski definition) is 2. The van der Waals surface area contributed by atoms with Gasteiger partial charge in [0.25, 0.3) is 0 Å². The van der Waals surface area contributed by atoms with Crippen LogP contribution in [0.2, 0.25) is 0 Å². The maximum absolute atomic E-state index is 11.6. The van der Waals surface area contributed by atoms with Gasteiger partial charge in [0.1, 0.15) is 6.10 Å². The standard InChI is InChI=1S/C13H24N2O2/c1-4-9-15-13(16)10(2)17-12-7-5-11(14-3)6-8-12/h4,10-12,14H,1,5-9H2,2-3H3,(H,15,16). The molecule has 0 aromatic carbocycles. The summed E-state index contributed by atoms with van der Waals surface area (Å²) in [6.07, 6.45) is 5.84. The van der Waals surface area contributed by atoms with Crippen molar-refractivity contribution in [2.45, 2.75) is 50.9 Å². The number of carbonyl (C=O) groups excluding carboxylic acids is 1. The van der Waals surface area contributed by atoms with Crippen LogP contribution in [-0.2, 0) is 9.53 Å². The fourth-order valence-corrected chi connectivity index (χ4v) is 2.15. The second-order valence-electron chi connectivity index (χ2n) is 4.57. The van der Waals surface area contributed by atoms with E-state index >= 15 is 0 Å². The lowest BCUT2D eigenvalue weighted by Gasteiger charge is -2.29. The maximum Gasteiger partial charge on any atom is 0.249 e. The maximum atomic E-state index is 11.6. The second-order valence-corrected chi connectivity index (χ2v) is 4.57. The highest BCUT2D eigenvalue weighted by Crippen LogP contribution is 2.22. The van der Waals surface area contributed by atoms with Gasteiger partial charge in [0.05, 0.1) is 6.10 Å². The Hall–Kier alpha value is -0.870. The molecule has 1 amide bonds. The third-order valence-electron chi connectivity index (χ3n) is 3.27. The highest BCUT2D eigenvalue weighted by molar-refractivity contribution is 5.80. The van der Waals surface area contributed by atoms with E-state index < -0.39 is 0 Å². The molecule has 2 N–H and O–H groups in total. The van der Waals surface area contributed by atoms with E-state index in [1.165, 1.54) is 0 Å². The van der Waals surface area contributed by atoms with Gasteiger partial charge in [-0.1, -0.05) is 6.08 Å². The third-order valence-corrected chi connectivity index (χ3v) is 3.27. The largest absolute Gasteiger partial charge is 0.365 e. The molecule has 4 nitrogen and oxygen atoms in total. The Labute approximate surface area is 104 Å². The zero-order chi connectivity index (χ0) is 12.7. The molecule has 1 atom stereocenters. The highest BCUT2D eigenvalue weighted by atomic mass is 16.5. The number of nitrogens with one attached hydrogen (secondary N) is 2. The van der Waals surface area contributed by atoms with Crippen LogP contribution in [-0.4, -0.2) is 37.7 Å². The molecule has 0 spiro atoms. The summed E-state index contributed by atoms with van der Waals surface area (Å²) in [7, 11) is 2.00. The summed E-state index contributed by atoms with van der Waals surface area (Å²) in [4.78, 5) is 11.6. The summed E-state index contributed by atoms with van der Waals surface area (Å²) in [5.41, 5.74) is 0. The fourth-order valence-electron chi connectivity index (χ4n) is 2.15. The average molecular weight is 240 g/mol. The molecule has 1 rings (SSSR count). The van der Waals surface area contributed by atoms with Crippen LogP contribution >= 0.6 is 0 Å². The minimum atomic E-state index is -0.369. The summed E-state index contributed by atoms with van der Waals surface area (Å²) in [5, 5.41) is 6.03. The van der Waals surface area contributed by atoms with Gasteiger partial charge in [-0.15, -0.1) is 6.58 Å². The van der Waals surface area contributed by atoms with Gasteiger partial charge in [-0.05, 0) is 39.7 Å². The first-order valence-electron chi connectivity index (χ1n) is 6.38. The number of ether oxygens (including phenoxy) is 1. The summed E-state index contributed by atoms with van der Waals surface area (Å²) in [6.45, 7) is 5.87. The van der Waals surface area contributed by atoms with Gasteiger partial charge in [-0.25, -0.2) is 0 Å². The van der Waals surface area contributed by atoms with Crippen molar-refractivity contribution in [2.75, 3.05) is 13.6 Å². The molecule has 0 radical (unpaired) electrons. The zero-order valence-electron chi connectivity index (χ0n) is 10.9. The molecule has 0 heterocycles. The third kappa shape index (κ3) is 4.88.